The molecule has 27 heavy (non-hydrogen) atoms. The van der Waals surface area contributed by atoms with E-state index in [0.29, 0.717) is 25.0 Å². The number of sulfonamides is 1. The molecule has 1 saturated carbocycles. The van der Waals surface area contributed by atoms with E-state index in [9.17, 15) is 8.42 Å². The minimum atomic E-state index is -3.23. The molecule has 0 heterocycles. The number of halogens is 2. The number of nitrogens with zero attached hydrogens (tertiary/aromatic N) is 1. The zero-order valence-corrected chi connectivity index (χ0v) is 20.1. The fraction of sp³-hybridized carbons (Fsp3) is 0.588. The Bertz CT molecular complexity index is 683. The van der Waals surface area contributed by atoms with Crippen LogP contribution >= 0.6 is 47.3 Å². The summed E-state index contributed by atoms with van der Waals surface area (Å²) in [5.74, 6) is 2.03. The molecule has 1 aromatic rings. The van der Waals surface area contributed by atoms with E-state index in [0.717, 1.165) is 35.1 Å². The van der Waals surface area contributed by atoms with Crippen molar-refractivity contribution >= 4 is 63.3 Å². The fourth-order valence-electron chi connectivity index (χ4n) is 2.41. The molecule has 0 amide bonds. The van der Waals surface area contributed by atoms with Gasteiger partial charge in [-0.25, -0.2) is 13.1 Å². The average Bonchev–Trinajstić information content (AvgIpc) is 2.57. The number of hydrogen-bond donors (Lipinski definition) is 3. The predicted octanol–water partition coefficient (Wildman–Crippen LogP) is 2.93. The summed E-state index contributed by atoms with van der Waals surface area (Å²) in [5.41, 5.74) is 0. The summed E-state index contributed by atoms with van der Waals surface area (Å²) in [5, 5.41) is 6.95. The van der Waals surface area contributed by atoms with Crippen molar-refractivity contribution in [1.29, 1.82) is 0 Å². The first kappa shape index (κ1) is 24.8. The molecule has 1 aliphatic rings. The lowest BCUT2D eigenvalue weighted by Crippen LogP contribution is -2.42. The van der Waals surface area contributed by atoms with Crippen LogP contribution in [0.25, 0.3) is 0 Å². The lowest BCUT2D eigenvalue weighted by Gasteiger charge is -2.25. The quantitative estimate of drug-likeness (QED) is 0.138. The molecule has 0 radical (unpaired) electrons. The zero-order chi connectivity index (χ0) is 18.8. The largest absolute Gasteiger partial charge is 0.356 e. The van der Waals surface area contributed by atoms with E-state index in [4.69, 9.17) is 11.6 Å². The van der Waals surface area contributed by atoms with Gasteiger partial charge in [0.1, 0.15) is 0 Å². The standard InChI is InChI=1S/C17H27ClN4O2S2.HI/c1-19-17(20-9-11-25-16-7-5-15(18)6-8-16)21-10-12-26(23,24)22-13-14-3-2-4-14;/h5-8,14,22H,2-4,9-13H2,1H3,(H2,19,20,21);1H. The van der Waals surface area contributed by atoms with Crippen molar-refractivity contribution in [2.75, 3.05) is 38.2 Å². The molecule has 6 nitrogen and oxygen atoms in total. The van der Waals surface area contributed by atoms with Crippen molar-refractivity contribution in [3.05, 3.63) is 29.3 Å². The predicted molar refractivity (Wildman–Crippen MR) is 126 cm³/mol. The molecule has 10 heteroatoms. The number of hydrogen-bond acceptors (Lipinski definition) is 4. The van der Waals surface area contributed by atoms with Crippen LogP contribution in [0, 0.1) is 5.92 Å². The van der Waals surface area contributed by atoms with Gasteiger partial charge in [0.15, 0.2) is 5.96 Å². The molecule has 0 unspecified atom stereocenters. The Kier molecular flexibility index (Phi) is 12.0. The normalized spacial score (nSPS) is 15.0. The maximum Gasteiger partial charge on any atom is 0.213 e. The van der Waals surface area contributed by atoms with Crippen LogP contribution in [0.3, 0.4) is 0 Å². The van der Waals surface area contributed by atoms with Crippen LogP contribution in [0.1, 0.15) is 19.3 Å². The first-order chi connectivity index (χ1) is 12.5. The lowest BCUT2D eigenvalue weighted by molar-refractivity contribution is 0.316. The van der Waals surface area contributed by atoms with Gasteiger partial charge in [0.05, 0.1) is 5.75 Å². The minimum absolute atomic E-state index is 0. The third-order valence-corrected chi connectivity index (χ3v) is 6.79. The van der Waals surface area contributed by atoms with Gasteiger partial charge in [-0.3, -0.25) is 4.99 Å². The van der Waals surface area contributed by atoms with Gasteiger partial charge < -0.3 is 10.6 Å². The maximum absolute atomic E-state index is 12.0. The van der Waals surface area contributed by atoms with Gasteiger partial charge in [-0.05, 0) is 43.0 Å². The molecule has 3 N–H and O–H groups in total. The van der Waals surface area contributed by atoms with Gasteiger partial charge in [-0.15, -0.1) is 35.7 Å². The van der Waals surface area contributed by atoms with Gasteiger partial charge in [0.25, 0.3) is 0 Å². The summed E-state index contributed by atoms with van der Waals surface area (Å²) in [4.78, 5) is 5.27. The van der Waals surface area contributed by atoms with Crippen LogP contribution in [-0.2, 0) is 10.0 Å². The summed E-state index contributed by atoms with van der Waals surface area (Å²) in [6.45, 7) is 1.61. The minimum Gasteiger partial charge on any atom is -0.356 e. The summed E-state index contributed by atoms with van der Waals surface area (Å²) >= 11 is 7.58. The van der Waals surface area contributed by atoms with Crippen LogP contribution in [0.2, 0.25) is 5.02 Å². The molecule has 0 bridgehead atoms. The van der Waals surface area contributed by atoms with Crippen LogP contribution in [-0.4, -0.2) is 52.6 Å². The van der Waals surface area contributed by atoms with Crippen LogP contribution in [0.5, 0.6) is 0 Å². The number of guanidine groups is 1. The SMILES string of the molecule is CN=C(NCCSc1ccc(Cl)cc1)NCCS(=O)(=O)NCC1CCC1.I. The lowest BCUT2D eigenvalue weighted by atomic mass is 9.86. The monoisotopic (exact) mass is 546 g/mol. The number of benzene rings is 1. The smallest absolute Gasteiger partial charge is 0.213 e. The highest BCUT2D eigenvalue weighted by molar-refractivity contribution is 14.0. The summed E-state index contributed by atoms with van der Waals surface area (Å²) in [7, 11) is -1.56. The van der Waals surface area contributed by atoms with Gasteiger partial charge in [-0.2, -0.15) is 0 Å². The van der Waals surface area contributed by atoms with E-state index in [-0.39, 0.29) is 29.7 Å². The Balaban J connectivity index is 0.00000364. The Morgan fingerprint density at radius 2 is 1.89 bits per heavy atom. The highest BCUT2D eigenvalue weighted by Gasteiger charge is 2.19. The second kappa shape index (κ2) is 13.1. The molecular formula is C17H28ClIN4O2S2. The molecule has 0 atom stereocenters. The van der Waals surface area contributed by atoms with Crippen molar-refractivity contribution in [2.24, 2.45) is 10.9 Å². The molecule has 0 spiro atoms. The van der Waals surface area contributed by atoms with Gasteiger partial charge in [0.2, 0.25) is 10.0 Å². The van der Waals surface area contributed by atoms with Gasteiger partial charge in [-0.1, -0.05) is 18.0 Å². The molecule has 154 valence electrons. The van der Waals surface area contributed by atoms with E-state index in [1.807, 2.05) is 24.3 Å². The number of thioether (sulfide) groups is 1. The Morgan fingerprint density at radius 3 is 2.48 bits per heavy atom. The van der Waals surface area contributed by atoms with Crippen LogP contribution < -0.4 is 15.4 Å². The third-order valence-electron chi connectivity index (χ3n) is 4.18. The molecule has 1 aromatic carbocycles. The van der Waals surface area contributed by atoms with Gasteiger partial charge in [0, 0.05) is 42.4 Å². The molecule has 2 rings (SSSR count). The number of nitrogens with one attached hydrogen (secondary N) is 3. The molecule has 0 aliphatic heterocycles. The Labute approximate surface area is 188 Å². The second-order valence-corrected chi connectivity index (χ2v) is 9.72. The van der Waals surface area contributed by atoms with Crippen molar-refractivity contribution in [3.8, 4) is 0 Å². The topological polar surface area (TPSA) is 82.6 Å². The van der Waals surface area contributed by atoms with Crippen molar-refractivity contribution in [3.63, 3.8) is 0 Å². The van der Waals surface area contributed by atoms with Crippen molar-refractivity contribution in [2.45, 2.75) is 24.2 Å². The summed E-state index contributed by atoms with van der Waals surface area (Å²) in [6.07, 6.45) is 3.48. The van der Waals surface area contributed by atoms with Crippen LogP contribution in [0.4, 0.5) is 0 Å². The van der Waals surface area contributed by atoms with E-state index in [1.165, 1.54) is 6.42 Å². The maximum atomic E-state index is 12.0. The highest BCUT2D eigenvalue weighted by Crippen LogP contribution is 2.25. The first-order valence-corrected chi connectivity index (χ1v) is 11.8. The van der Waals surface area contributed by atoms with E-state index < -0.39 is 10.0 Å². The van der Waals surface area contributed by atoms with Crippen molar-refractivity contribution < 1.29 is 8.42 Å². The molecule has 1 fully saturated rings. The molecule has 0 saturated heterocycles. The number of rotatable bonds is 10. The molecule has 0 aromatic heterocycles. The third kappa shape index (κ3) is 10.2. The zero-order valence-electron chi connectivity index (χ0n) is 15.4. The van der Waals surface area contributed by atoms with Crippen LogP contribution in [0.15, 0.2) is 34.2 Å². The molecular weight excluding hydrogens is 519 g/mol. The highest BCUT2D eigenvalue weighted by atomic mass is 127. The fourth-order valence-corrected chi connectivity index (χ4v) is 4.31. The first-order valence-electron chi connectivity index (χ1n) is 8.79. The Morgan fingerprint density at radius 1 is 1.22 bits per heavy atom. The van der Waals surface area contributed by atoms with E-state index >= 15 is 0 Å². The Hall–Kier alpha value is -0.230. The van der Waals surface area contributed by atoms with Crippen molar-refractivity contribution in [1.82, 2.24) is 15.4 Å². The average molecular weight is 547 g/mol. The summed E-state index contributed by atoms with van der Waals surface area (Å²) < 4.78 is 26.6. The van der Waals surface area contributed by atoms with Gasteiger partial charge >= 0.3 is 0 Å². The van der Waals surface area contributed by atoms with E-state index in [2.05, 4.69) is 20.3 Å². The number of aliphatic imine (C=N–C) groups is 1. The second-order valence-electron chi connectivity index (χ2n) is 6.19. The molecule has 1 aliphatic carbocycles. The summed E-state index contributed by atoms with van der Waals surface area (Å²) in [6, 6.07) is 7.72. The van der Waals surface area contributed by atoms with E-state index in [1.54, 1.807) is 18.8 Å².